The van der Waals surface area contributed by atoms with Gasteiger partial charge in [0.25, 0.3) is 5.91 Å². The zero-order valence-electron chi connectivity index (χ0n) is 22.2. The van der Waals surface area contributed by atoms with Crippen molar-refractivity contribution in [1.82, 2.24) is 15.2 Å². The van der Waals surface area contributed by atoms with Gasteiger partial charge < -0.3 is 15.0 Å². The molecule has 1 aromatic carbocycles. The third kappa shape index (κ3) is 8.17. The molecule has 0 saturated heterocycles. The number of carbonyl (C=O) groups is 2. The number of aryl methyl sites for hydroxylation is 1. The summed E-state index contributed by atoms with van der Waals surface area (Å²) in [4.78, 5) is 39.2. The number of hydrazine groups is 1. The van der Waals surface area contributed by atoms with Gasteiger partial charge in [-0.15, -0.1) is 4.91 Å². The van der Waals surface area contributed by atoms with Gasteiger partial charge in [-0.05, 0) is 68.9 Å². The number of carbonyl (C=O) groups excluding carboxylic acids is 2. The Hall–Kier alpha value is -3.24. The molecule has 0 spiro atoms. The fraction of sp³-hybridized carbons (Fsp3) is 0.538. The summed E-state index contributed by atoms with van der Waals surface area (Å²) in [7, 11) is 1.60. The smallest absolute Gasteiger partial charge is 0.322 e. The molecule has 1 aliphatic rings. The van der Waals surface area contributed by atoms with Gasteiger partial charge in [0.05, 0.1) is 18.6 Å². The van der Waals surface area contributed by atoms with Gasteiger partial charge in [0.15, 0.2) is 6.29 Å². The summed E-state index contributed by atoms with van der Waals surface area (Å²) in [5.41, 5.74) is 5.37. The minimum atomic E-state index is -0.763. The molecule has 0 saturated carbocycles. The van der Waals surface area contributed by atoms with E-state index in [1.807, 2.05) is 45.0 Å². The van der Waals surface area contributed by atoms with Gasteiger partial charge in [-0.2, -0.15) is 0 Å². The molecule has 4 N–H and O–H groups in total. The standard InChI is InChI=1S/C26H40N6O4/c1-7-21(24(33)30-35)16-31(6)26(34)32(15-20-10-8-18(4)9-11-20)25(29-27)28-22-12-13-23(19(5)14-22)36-17(2)3/h8,10-14,17-18,21,25,28-29H,7,9,15-16,27H2,1-6H3/t18?,21-,25?/m0/s1. The Labute approximate surface area is 213 Å². The zero-order chi connectivity index (χ0) is 26.8. The number of hydrogen-bond donors (Lipinski definition) is 3. The first-order valence-corrected chi connectivity index (χ1v) is 12.4. The number of urea groups is 1. The van der Waals surface area contributed by atoms with Gasteiger partial charge in [-0.3, -0.25) is 15.5 Å². The minimum Gasteiger partial charge on any atom is -0.491 e. The predicted octanol–water partition coefficient (Wildman–Crippen LogP) is 4.14. The third-order valence-electron chi connectivity index (χ3n) is 6.05. The van der Waals surface area contributed by atoms with Crippen molar-refractivity contribution in [3.05, 3.63) is 52.5 Å². The van der Waals surface area contributed by atoms with Crippen molar-refractivity contribution in [1.29, 1.82) is 0 Å². The fourth-order valence-electron chi connectivity index (χ4n) is 3.93. The molecule has 1 aliphatic carbocycles. The molecule has 3 atom stereocenters. The summed E-state index contributed by atoms with van der Waals surface area (Å²) in [5, 5.41) is 5.83. The van der Waals surface area contributed by atoms with E-state index in [1.165, 1.54) is 4.90 Å². The maximum absolute atomic E-state index is 13.6. The average molecular weight is 501 g/mol. The second kappa shape index (κ2) is 13.7. The summed E-state index contributed by atoms with van der Waals surface area (Å²) in [6.45, 7) is 10.2. The molecule has 10 heteroatoms. The largest absolute Gasteiger partial charge is 0.491 e. The van der Waals surface area contributed by atoms with Crippen molar-refractivity contribution in [3.8, 4) is 5.75 Å². The maximum atomic E-state index is 13.6. The number of allylic oxidation sites excluding steroid dienone is 2. The maximum Gasteiger partial charge on any atom is 0.322 e. The molecule has 36 heavy (non-hydrogen) atoms. The molecule has 198 valence electrons. The Morgan fingerprint density at radius 3 is 2.56 bits per heavy atom. The molecular formula is C26H40N6O4. The number of anilines is 1. The first-order chi connectivity index (χ1) is 17.1. The lowest BCUT2D eigenvalue weighted by Gasteiger charge is -2.36. The van der Waals surface area contributed by atoms with E-state index in [-0.39, 0.29) is 18.7 Å². The number of benzene rings is 1. The van der Waals surface area contributed by atoms with Crippen molar-refractivity contribution in [3.63, 3.8) is 0 Å². The Bertz CT molecular complexity index is 977. The van der Waals surface area contributed by atoms with E-state index in [0.29, 0.717) is 18.9 Å². The van der Waals surface area contributed by atoms with Gasteiger partial charge in [0.1, 0.15) is 5.75 Å². The molecule has 0 aromatic heterocycles. The van der Waals surface area contributed by atoms with Gasteiger partial charge in [-0.25, -0.2) is 10.2 Å². The molecule has 3 amide bonds. The van der Waals surface area contributed by atoms with E-state index >= 15 is 0 Å². The number of amides is 3. The molecule has 2 unspecified atom stereocenters. The number of nitrogens with one attached hydrogen (secondary N) is 2. The van der Waals surface area contributed by atoms with Crippen molar-refractivity contribution in [2.45, 2.75) is 59.9 Å². The second-order valence-corrected chi connectivity index (χ2v) is 9.54. The van der Waals surface area contributed by atoms with Crippen molar-refractivity contribution in [2.24, 2.45) is 22.9 Å². The third-order valence-corrected chi connectivity index (χ3v) is 6.05. The lowest BCUT2D eigenvalue weighted by molar-refractivity contribution is -0.122. The summed E-state index contributed by atoms with van der Waals surface area (Å²) < 4.78 is 5.82. The van der Waals surface area contributed by atoms with Crippen LogP contribution >= 0.6 is 0 Å². The Balaban J connectivity index is 2.30. The minimum absolute atomic E-state index is 0.0531. The van der Waals surface area contributed by atoms with Crippen molar-refractivity contribution in [2.75, 3.05) is 25.5 Å². The van der Waals surface area contributed by atoms with Crippen molar-refractivity contribution < 1.29 is 14.3 Å². The Kier molecular flexibility index (Phi) is 11.1. The lowest BCUT2D eigenvalue weighted by Crippen LogP contribution is -2.59. The SMILES string of the molecule is CC[C@@H](CN(C)C(=O)N(CC1=CCC(C)C=C1)C(NN)Nc1ccc(OC(C)C)c(C)c1)C(=O)N=O. The first kappa shape index (κ1) is 29.0. The van der Waals surface area contributed by atoms with E-state index < -0.39 is 18.1 Å². The molecule has 10 nitrogen and oxygen atoms in total. The molecule has 2 rings (SSSR count). The van der Waals surface area contributed by atoms with Crippen molar-refractivity contribution >= 4 is 17.6 Å². The number of hydrogen-bond acceptors (Lipinski definition) is 7. The number of nitrogens with two attached hydrogens (primary N) is 1. The van der Waals surface area contributed by atoms with E-state index in [1.54, 1.807) is 18.9 Å². The number of nitrogens with zero attached hydrogens (tertiary/aromatic N) is 3. The van der Waals surface area contributed by atoms with Gasteiger partial charge in [-0.1, -0.05) is 32.1 Å². The van der Waals surface area contributed by atoms with Crippen LogP contribution in [-0.4, -0.2) is 54.3 Å². The quantitative estimate of drug-likeness (QED) is 0.170. The van der Waals surface area contributed by atoms with Crippen LogP contribution in [0.2, 0.25) is 0 Å². The molecule has 0 bridgehead atoms. The summed E-state index contributed by atoms with van der Waals surface area (Å²) in [6.07, 6.45) is 6.80. The highest BCUT2D eigenvalue weighted by molar-refractivity contribution is 5.81. The lowest BCUT2D eigenvalue weighted by atomic mass is 9.98. The van der Waals surface area contributed by atoms with Crippen LogP contribution in [0.3, 0.4) is 0 Å². The van der Waals surface area contributed by atoms with Crippen LogP contribution < -0.4 is 21.3 Å². The van der Waals surface area contributed by atoms with Gasteiger partial charge in [0.2, 0.25) is 0 Å². The van der Waals surface area contributed by atoms with Crippen LogP contribution in [0.15, 0.2) is 47.2 Å². The highest BCUT2D eigenvalue weighted by atomic mass is 16.5. The van der Waals surface area contributed by atoms with Crippen LogP contribution in [-0.2, 0) is 4.79 Å². The normalized spacial score (nSPS) is 16.7. The molecule has 0 heterocycles. The first-order valence-electron chi connectivity index (χ1n) is 12.4. The van der Waals surface area contributed by atoms with Crippen LogP contribution in [0.1, 0.15) is 46.1 Å². The second-order valence-electron chi connectivity index (χ2n) is 9.54. The topological polar surface area (TPSA) is 129 Å². The molecule has 0 radical (unpaired) electrons. The van der Waals surface area contributed by atoms with Crippen LogP contribution in [0, 0.1) is 23.7 Å². The molecule has 0 aliphatic heterocycles. The van der Waals surface area contributed by atoms with E-state index in [0.717, 1.165) is 29.0 Å². The molecule has 0 fully saturated rings. The monoisotopic (exact) mass is 500 g/mol. The summed E-state index contributed by atoms with van der Waals surface area (Å²) in [6, 6.07) is 5.32. The van der Waals surface area contributed by atoms with Crippen LogP contribution in [0.25, 0.3) is 0 Å². The predicted molar refractivity (Wildman–Crippen MR) is 142 cm³/mol. The van der Waals surface area contributed by atoms with E-state index in [2.05, 4.69) is 35.0 Å². The Morgan fingerprint density at radius 1 is 1.31 bits per heavy atom. The van der Waals surface area contributed by atoms with E-state index in [9.17, 15) is 14.5 Å². The number of ether oxygens (including phenoxy) is 1. The van der Waals surface area contributed by atoms with E-state index in [4.69, 9.17) is 10.6 Å². The van der Waals surface area contributed by atoms with Gasteiger partial charge >= 0.3 is 6.03 Å². The van der Waals surface area contributed by atoms with Crippen LogP contribution in [0.4, 0.5) is 10.5 Å². The number of nitroso groups, excluding NO2 is 1. The zero-order valence-corrected chi connectivity index (χ0v) is 22.2. The summed E-state index contributed by atoms with van der Waals surface area (Å²) in [5.74, 6) is 5.71. The number of rotatable bonds is 12. The highest BCUT2D eigenvalue weighted by Crippen LogP contribution is 2.24. The highest BCUT2D eigenvalue weighted by Gasteiger charge is 2.29. The Morgan fingerprint density at radius 2 is 2.03 bits per heavy atom. The average Bonchev–Trinajstić information content (AvgIpc) is 2.86. The molecule has 1 aromatic rings. The molecular weight excluding hydrogens is 460 g/mol. The summed E-state index contributed by atoms with van der Waals surface area (Å²) >= 11 is 0. The van der Waals surface area contributed by atoms with Crippen LogP contribution in [0.5, 0.6) is 5.75 Å². The van der Waals surface area contributed by atoms with Gasteiger partial charge in [0, 0.05) is 24.5 Å². The fourth-order valence-corrected chi connectivity index (χ4v) is 3.93.